The Balaban J connectivity index is 1.65. The molecule has 0 saturated carbocycles. The van der Waals surface area contributed by atoms with E-state index in [0.717, 1.165) is 0 Å². The zero-order chi connectivity index (χ0) is 30.0. The third-order valence-electron chi connectivity index (χ3n) is 6.73. The number of azide groups is 1. The molecule has 12 nitrogen and oxygen atoms in total. The molecule has 4 rings (SSSR count). The molecule has 0 aromatic heterocycles. The molecule has 1 amide bonds. The summed E-state index contributed by atoms with van der Waals surface area (Å²) >= 11 is 0. The largest absolute Gasteiger partial charge is 0.496 e. The van der Waals surface area contributed by atoms with E-state index >= 15 is 0 Å². The van der Waals surface area contributed by atoms with Crippen molar-refractivity contribution in [3.63, 3.8) is 0 Å². The zero-order valence-corrected chi connectivity index (χ0v) is 23.7. The maximum atomic E-state index is 14.0. The number of nitrogens with one attached hydrogen (secondary N) is 1. The zero-order valence-electron chi connectivity index (χ0n) is 23.7. The Morgan fingerprint density at radius 1 is 1.07 bits per heavy atom. The van der Waals surface area contributed by atoms with E-state index in [0.29, 0.717) is 64.3 Å². The van der Waals surface area contributed by atoms with E-state index in [2.05, 4.69) is 15.3 Å². The van der Waals surface area contributed by atoms with Crippen LogP contribution in [0.15, 0.2) is 70.8 Å². The average molecular weight is 576 g/mol. The number of aliphatic imine (C=N–C) groups is 1. The van der Waals surface area contributed by atoms with Crippen molar-refractivity contribution < 1.29 is 33.6 Å². The Morgan fingerprint density at radius 2 is 1.79 bits per heavy atom. The maximum absolute atomic E-state index is 14.0. The quantitative estimate of drug-likeness (QED) is 0.124. The summed E-state index contributed by atoms with van der Waals surface area (Å²) in [6.45, 7) is 0.489. The summed E-state index contributed by atoms with van der Waals surface area (Å²) in [4.78, 5) is 21.7. The smallest absolute Gasteiger partial charge is 0.252 e. The summed E-state index contributed by atoms with van der Waals surface area (Å²) < 4.78 is 28.0. The van der Waals surface area contributed by atoms with Crippen LogP contribution in [-0.2, 0) is 22.5 Å². The Bertz CT molecular complexity index is 1450. The minimum atomic E-state index is -1.36. The number of aliphatic hydroxyl groups excluding tert-OH is 1. The first-order chi connectivity index (χ1) is 20.5. The summed E-state index contributed by atoms with van der Waals surface area (Å²) in [6, 6.07) is 17.6. The number of hydrogen-bond acceptors (Lipinski definition) is 9. The van der Waals surface area contributed by atoms with Crippen LogP contribution in [0.4, 0.5) is 5.69 Å². The number of ether oxygens (including phenoxy) is 5. The second-order valence-corrected chi connectivity index (χ2v) is 9.38. The van der Waals surface area contributed by atoms with Gasteiger partial charge in [0.15, 0.2) is 5.54 Å². The molecule has 1 atom stereocenters. The molecule has 0 spiro atoms. The molecular weight excluding hydrogens is 542 g/mol. The molecule has 0 aliphatic carbocycles. The summed E-state index contributed by atoms with van der Waals surface area (Å²) in [7, 11) is 4.59. The lowest BCUT2D eigenvalue weighted by Gasteiger charge is -2.24. The van der Waals surface area contributed by atoms with Crippen LogP contribution in [0.5, 0.6) is 23.0 Å². The molecule has 0 saturated heterocycles. The highest BCUT2D eigenvalue weighted by atomic mass is 16.5. The number of carbonyl (C=O) groups is 1. The molecule has 0 bridgehead atoms. The van der Waals surface area contributed by atoms with Crippen molar-refractivity contribution in [3.8, 4) is 23.0 Å². The van der Waals surface area contributed by atoms with Crippen LogP contribution in [0.3, 0.4) is 0 Å². The van der Waals surface area contributed by atoms with Crippen LogP contribution in [0.2, 0.25) is 0 Å². The van der Waals surface area contributed by atoms with Gasteiger partial charge in [-0.15, -0.1) is 0 Å². The van der Waals surface area contributed by atoms with E-state index in [4.69, 9.17) is 39.3 Å². The lowest BCUT2D eigenvalue weighted by atomic mass is 9.90. The van der Waals surface area contributed by atoms with Crippen molar-refractivity contribution in [2.75, 3.05) is 41.2 Å². The fourth-order valence-corrected chi connectivity index (χ4v) is 4.54. The lowest BCUT2D eigenvalue weighted by molar-refractivity contribution is -0.126. The van der Waals surface area contributed by atoms with Gasteiger partial charge in [0.2, 0.25) is 5.90 Å². The lowest BCUT2D eigenvalue weighted by Crippen LogP contribution is -2.48. The van der Waals surface area contributed by atoms with Gasteiger partial charge in [-0.1, -0.05) is 29.4 Å². The summed E-state index contributed by atoms with van der Waals surface area (Å²) in [5, 5.41) is 15.7. The highest BCUT2D eigenvalue weighted by Gasteiger charge is 2.45. The minimum Gasteiger partial charge on any atom is -0.496 e. The normalized spacial score (nSPS) is 15.6. The van der Waals surface area contributed by atoms with Gasteiger partial charge in [0, 0.05) is 47.7 Å². The standard InChI is InChI=1S/C30H33N5O7/c1-38-23-15-26(39-2)24(27(16-23)40-3)18-32-29(37)30(17-21-7-4-5-8-25(21)34-35-31)19-42-28(33-30)20-9-11-22(12-10-20)41-14-6-13-36/h4-5,7-12,15-16,36H,6,13-14,17-19H2,1-3H3,(H,32,37)/t30-/m1/s1. The predicted molar refractivity (Wildman–Crippen MR) is 156 cm³/mol. The van der Waals surface area contributed by atoms with Crippen LogP contribution in [0.25, 0.3) is 10.4 Å². The van der Waals surface area contributed by atoms with E-state index < -0.39 is 11.4 Å². The van der Waals surface area contributed by atoms with Gasteiger partial charge in [-0.3, -0.25) is 4.79 Å². The van der Waals surface area contributed by atoms with E-state index in [1.54, 1.807) is 67.8 Å². The molecule has 1 aliphatic rings. The highest BCUT2D eigenvalue weighted by molar-refractivity contribution is 6.00. The van der Waals surface area contributed by atoms with Crippen molar-refractivity contribution >= 4 is 17.5 Å². The molecule has 0 unspecified atom stereocenters. The Hall–Kier alpha value is -4.93. The molecule has 3 aromatic rings. The fraction of sp³-hybridized carbons (Fsp3) is 0.333. The average Bonchev–Trinajstić information content (AvgIpc) is 3.46. The van der Waals surface area contributed by atoms with Crippen molar-refractivity contribution in [2.24, 2.45) is 10.1 Å². The van der Waals surface area contributed by atoms with Crippen LogP contribution >= 0.6 is 0 Å². The number of benzene rings is 3. The van der Waals surface area contributed by atoms with Crippen molar-refractivity contribution in [1.29, 1.82) is 0 Å². The van der Waals surface area contributed by atoms with Gasteiger partial charge in [-0.05, 0) is 35.4 Å². The third kappa shape index (κ3) is 6.85. The van der Waals surface area contributed by atoms with Gasteiger partial charge in [0.05, 0.1) is 40.0 Å². The molecule has 0 radical (unpaired) electrons. The molecule has 1 aliphatic heterocycles. The molecule has 220 valence electrons. The van der Waals surface area contributed by atoms with E-state index in [9.17, 15) is 4.79 Å². The monoisotopic (exact) mass is 575 g/mol. The number of nitrogens with zero attached hydrogens (tertiary/aromatic N) is 4. The maximum Gasteiger partial charge on any atom is 0.252 e. The highest BCUT2D eigenvalue weighted by Crippen LogP contribution is 2.35. The van der Waals surface area contributed by atoms with Gasteiger partial charge in [-0.2, -0.15) is 0 Å². The van der Waals surface area contributed by atoms with Crippen LogP contribution < -0.4 is 24.3 Å². The number of amides is 1. The molecule has 12 heteroatoms. The topological polar surface area (TPSA) is 157 Å². The van der Waals surface area contributed by atoms with Gasteiger partial charge >= 0.3 is 0 Å². The predicted octanol–water partition coefficient (Wildman–Crippen LogP) is 4.49. The Kier molecular flexibility index (Phi) is 10.1. The molecule has 0 fully saturated rings. The fourth-order valence-electron chi connectivity index (χ4n) is 4.54. The third-order valence-corrected chi connectivity index (χ3v) is 6.73. The molecule has 2 N–H and O–H groups in total. The van der Waals surface area contributed by atoms with Crippen molar-refractivity contribution in [2.45, 2.75) is 24.9 Å². The molecule has 3 aromatic carbocycles. The number of hydrogen-bond donors (Lipinski definition) is 2. The first-order valence-electron chi connectivity index (χ1n) is 13.2. The van der Waals surface area contributed by atoms with E-state index in [1.807, 2.05) is 0 Å². The Morgan fingerprint density at radius 3 is 2.43 bits per heavy atom. The number of methoxy groups -OCH3 is 3. The number of rotatable bonds is 14. The van der Waals surface area contributed by atoms with Crippen LogP contribution in [0, 0.1) is 0 Å². The second kappa shape index (κ2) is 14.1. The van der Waals surface area contributed by atoms with Gasteiger partial charge in [0.25, 0.3) is 5.91 Å². The van der Waals surface area contributed by atoms with E-state index in [-0.39, 0.29) is 26.2 Å². The molecule has 42 heavy (non-hydrogen) atoms. The first-order valence-corrected chi connectivity index (χ1v) is 13.2. The number of aliphatic hydroxyl groups is 1. The minimum absolute atomic E-state index is 0.0373. The first kappa shape index (κ1) is 30.0. The van der Waals surface area contributed by atoms with Crippen LogP contribution in [0.1, 0.15) is 23.1 Å². The summed E-state index contributed by atoms with van der Waals surface area (Å²) in [5.74, 6) is 2.07. The molecule has 1 heterocycles. The van der Waals surface area contributed by atoms with Crippen molar-refractivity contribution in [1.82, 2.24) is 5.32 Å². The summed E-state index contributed by atoms with van der Waals surface area (Å²) in [6.07, 6.45) is 0.650. The van der Waals surface area contributed by atoms with Gasteiger partial charge < -0.3 is 34.1 Å². The van der Waals surface area contributed by atoms with Gasteiger partial charge in [0.1, 0.15) is 29.6 Å². The molecular formula is C30H33N5O7. The van der Waals surface area contributed by atoms with Crippen molar-refractivity contribution in [3.05, 3.63) is 87.8 Å². The summed E-state index contributed by atoms with van der Waals surface area (Å²) in [5.41, 5.74) is 10.1. The number of carbonyl (C=O) groups excluding carboxylic acids is 1. The van der Waals surface area contributed by atoms with Crippen LogP contribution in [-0.4, -0.2) is 63.6 Å². The Labute approximate surface area is 243 Å². The van der Waals surface area contributed by atoms with Gasteiger partial charge in [-0.25, -0.2) is 4.99 Å². The second-order valence-electron chi connectivity index (χ2n) is 9.38. The SMILES string of the molecule is COc1cc(OC)c(CNC(=O)[C@@]2(Cc3ccccc3N=[N+]=[N-])COC(c3ccc(OCCCO)cc3)=N2)c(OC)c1. The van der Waals surface area contributed by atoms with E-state index in [1.165, 1.54) is 14.2 Å².